The molecule has 1 aliphatic carbocycles. The minimum absolute atomic E-state index is 0.0392. The Bertz CT molecular complexity index is 675. The van der Waals surface area contributed by atoms with Gasteiger partial charge in [0.25, 0.3) is 0 Å². The van der Waals surface area contributed by atoms with Gasteiger partial charge in [0.15, 0.2) is 0 Å². The zero-order valence-electron chi connectivity index (χ0n) is 17.4. The lowest BCUT2D eigenvalue weighted by atomic mass is 10.0. The number of β-amino-alcohol motifs (C(OH)–C–C–N with tert-alkyl or cyclic N) is 1. The number of ether oxygens (including phenoxy) is 2. The SMILES string of the molecule is COCC(=O)N1CCN(C2CCCC2)C[C@](O)(COc2ccc(C)c(C)c2)C1. The number of aliphatic hydroxyl groups is 1. The molecule has 2 aliphatic rings. The maximum atomic E-state index is 12.5. The van der Waals surface area contributed by atoms with Crippen LogP contribution in [0.4, 0.5) is 0 Å². The molecule has 1 aliphatic heterocycles. The zero-order chi connectivity index (χ0) is 20.1. The van der Waals surface area contributed by atoms with Crippen LogP contribution in [0.15, 0.2) is 18.2 Å². The molecule has 1 saturated heterocycles. The highest BCUT2D eigenvalue weighted by molar-refractivity contribution is 5.77. The van der Waals surface area contributed by atoms with Gasteiger partial charge in [-0.05, 0) is 49.9 Å². The summed E-state index contributed by atoms with van der Waals surface area (Å²) in [6.45, 7) is 6.51. The average molecular weight is 391 g/mol. The molecular weight excluding hydrogens is 356 g/mol. The number of methoxy groups -OCH3 is 1. The van der Waals surface area contributed by atoms with Crippen LogP contribution in [-0.4, -0.2) is 79.0 Å². The molecule has 1 aromatic carbocycles. The van der Waals surface area contributed by atoms with Gasteiger partial charge in [0.2, 0.25) is 5.91 Å². The van der Waals surface area contributed by atoms with Crippen molar-refractivity contribution in [3.05, 3.63) is 29.3 Å². The molecule has 1 amide bonds. The Hall–Kier alpha value is -1.63. The van der Waals surface area contributed by atoms with E-state index in [1.165, 1.54) is 38.4 Å². The van der Waals surface area contributed by atoms with Crippen LogP contribution in [0.2, 0.25) is 0 Å². The van der Waals surface area contributed by atoms with E-state index in [9.17, 15) is 9.90 Å². The summed E-state index contributed by atoms with van der Waals surface area (Å²) < 4.78 is 11.0. The van der Waals surface area contributed by atoms with Crippen LogP contribution in [0.25, 0.3) is 0 Å². The fourth-order valence-corrected chi connectivity index (χ4v) is 4.31. The van der Waals surface area contributed by atoms with Crippen molar-refractivity contribution >= 4 is 5.91 Å². The Balaban J connectivity index is 1.73. The van der Waals surface area contributed by atoms with E-state index in [0.29, 0.717) is 19.1 Å². The van der Waals surface area contributed by atoms with E-state index in [1.807, 2.05) is 18.2 Å². The third-order valence-corrected chi connectivity index (χ3v) is 6.09. The Kier molecular flexibility index (Phi) is 6.96. The summed E-state index contributed by atoms with van der Waals surface area (Å²) >= 11 is 0. The molecule has 1 aromatic rings. The van der Waals surface area contributed by atoms with Crippen LogP contribution in [-0.2, 0) is 9.53 Å². The van der Waals surface area contributed by atoms with Crippen LogP contribution in [0, 0.1) is 13.8 Å². The van der Waals surface area contributed by atoms with Gasteiger partial charge in [-0.25, -0.2) is 0 Å². The van der Waals surface area contributed by atoms with Crippen molar-refractivity contribution < 1.29 is 19.4 Å². The van der Waals surface area contributed by atoms with E-state index in [2.05, 4.69) is 18.7 Å². The minimum Gasteiger partial charge on any atom is -0.490 e. The van der Waals surface area contributed by atoms with Crippen molar-refractivity contribution in [2.24, 2.45) is 0 Å². The molecule has 6 heteroatoms. The second kappa shape index (κ2) is 9.25. The predicted molar refractivity (Wildman–Crippen MR) is 109 cm³/mol. The second-order valence-electron chi connectivity index (χ2n) is 8.42. The van der Waals surface area contributed by atoms with Crippen molar-refractivity contribution in [3.8, 4) is 5.75 Å². The summed E-state index contributed by atoms with van der Waals surface area (Å²) in [7, 11) is 1.52. The summed E-state index contributed by atoms with van der Waals surface area (Å²) in [5.41, 5.74) is 1.26. The molecule has 1 N–H and O–H groups in total. The van der Waals surface area contributed by atoms with Gasteiger partial charge in [-0.15, -0.1) is 0 Å². The fourth-order valence-electron chi connectivity index (χ4n) is 4.31. The number of amides is 1. The van der Waals surface area contributed by atoms with Gasteiger partial charge >= 0.3 is 0 Å². The summed E-state index contributed by atoms with van der Waals surface area (Å²) in [6.07, 6.45) is 4.82. The molecule has 1 atom stereocenters. The van der Waals surface area contributed by atoms with E-state index in [-0.39, 0.29) is 25.7 Å². The van der Waals surface area contributed by atoms with E-state index in [4.69, 9.17) is 9.47 Å². The number of benzene rings is 1. The molecule has 2 fully saturated rings. The maximum Gasteiger partial charge on any atom is 0.248 e. The predicted octanol–water partition coefficient (Wildman–Crippen LogP) is 2.15. The first-order valence-corrected chi connectivity index (χ1v) is 10.3. The third-order valence-electron chi connectivity index (χ3n) is 6.09. The summed E-state index contributed by atoms with van der Waals surface area (Å²) in [5, 5.41) is 11.5. The summed E-state index contributed by atoms with van der Waals surface area (Å²) in [5.74, 6) is 0.670. The number of aryl methyl sites for hydroxylation is 2. The van der Waals surface area contributed by atoms with Gasteiger partial charge in [-0.2, -0.15) is 0 Å². The minimum atomic E-state index is -1.11. The summed E-state index contributed by atoms with van der Waals surface area (Å²) in [6, 6.07) is 6.45. The Morgan fingerprint density at radius 1 is 1.18 bits per heavy atom. The second-order valence-corrected chi connectivity index (χ2v) is 8.42. The molecule has 6 nitrogen and oxygen atoms in total. The topological polar surface area (TPSA) is 62.2 Å². The van der Waals surface area contributed by atoms with Crippen LogP contribution < -0.4 is 4.74 Å². The van der Waals surface area contributed by atoms with E-state index < -0.39 is 5.60 Å². The molecule has 0 aromatic heterocycles. The van der Waals surface area contributed by atoms with Crippen molar-refractivity contribution in [2.75, 3.05) is 46.5 Å². The number of nitrogens with zero attached hydrogens (tertiary/aromatic N) is 2. The molecular formula is C22H34N2O4. The number of carbonyl (C=O) groups is 1. The lowest BCUT2D eigenvalue weighted by molar-refractivity contribution is -0.138. The highest BCUT2D eigenvalue weighted by Crippen LogP contribution is 2.27. The molecule has 1 heterocycles. The van der Waals surface area contributed by atoms with Gasteiger partial charge < -0.3 is 19.5 Å². The van der Waals surface area contributed by atoms with Crippen molar-refractivity contribution in [2.45, 2.75) is 51.2 Å². The van der Waals surface area contributed by atoms with Gasteiger partial charge in [0.05, 0.1) is 6.54 Å². The molecule has 156 valence electrons. The van der Waals surface area contributed by atoms with Crippen LogP contribution in [0.1, 0.15) is 36.8 Å². The van der Waals surface area contributed by atoms with Crippen LogP contribution >= 0.6 is 0 Å². The molecule has 0 spiro atoms. The molecule has 0 bridgehead atoms. The lowest BCUT2D eigenvalue weighted by Crippen LogP contribution is -2.53. The van der Waals surface area contributed by atoms with E-state index in [0.717, 1.165) is 17.9 Å². The first kappa shape index (κ1) is 21.1. The van der Waals surface area contributed by atoms with Gasteiger partial charge in [-0.3, -0.25) is 9.69 Å². The van der Waals surface area contributed by atoms with Gasteiger partial charge in [0.1, 0.15) is 24.6 Å². The van der Waals surface area contributed by atoms with Gasteiger partial charge in [0, 0.05) is 32.8 Å². The quantitative estimate of drug-likeness (QED) is 0.806. The molecule has 0 unspecified atom stereocenters. The number of carbonyl (C=O) groups excluding carboxylic acids is 1. The van der Waals surface area contributed by atoms with Crippen LogP contribution in [0.5, 0.6) is 5.75 Å². The monoisotopic (exact) mass is 390 g/mol. The first-order valence-electron chi connectivity index (χ1n) is 10.3. The van der Waals surface area contributed by atoms with Crippen molar-refractivity contribution in [1.82, 2.24) is 9.80 Å². The third kappa shape index (κ3) is 5.25. The normalized spacial score (nSPS) is 24.4. The highest BCUT2D eigenvalue weighted by Gasteiger charge is 2.39. The number of hydrogen-bond donors (Lipinski definition) is 1. The molecule has 0 radical (unpaired) electrons. The smallest absolute Gasteiger partial charge is 0.248 e. The van der Waals surface area contributed by atoms with Crippen molar-refractivity contribution in [1.29, 1.82) is 0 Å². The largest absolute Gasteiger partial charge is 0.490 e. The number of rotatable bonds is 6. The number of hydrogen-bond acceptors (Lipinski definition) is 5. The zero-order valence-corrected chi connectivity index (χ0v) is 17.4. The van der Waals surface area contributed by atoms with Gasteiger partial charge in [-0.1, -0.05) is 18.9 Å². The molecule has 1 saturated carbocycles. The molecule has 3 rings (SSSR count). The summed E-state index contributed by atoms with van der Waals surface area (Å²) in [4.78, 5) is 16.5. The highest BCUT2D eigenvalue weighted by atomic mass is 16.5. The van der Waals surface area contributed by atoms with E-state index >= 15 is 0 Å². The average Bonchev–Trinajstić information content (AvgIpc) is 3.14. The Morgan fingerprint density at radius 3 is 2.61 bits per heavy atom. The fraction of sp³-hybridized carbons (Fsp3) is 0.682. The van der Waals surface area contributed by atoms with Crippen molar-refractivity contribution in [3.63, 3.8) is 0 Å². The first-order chi connectivity index (χ1) is 13.4. The maximum absolute atomic E-state index is 12.5. The Labute approximate surface area is 168 Å². The Morgan fingerprint density at radius 2 is 1.93 bits per heavy atom. The standard InChI is InChI=1S/C22H34N2O4/c1-17-8-9-20(12-18(17)2)28-16-22(26)14-23(19-6-4-5-7-19)10-11-24(15-22)21(25)13-27-3/h8-9,12,19,26H,4-7,10-11,13-16H2,1-3H3/t22-/m1/s1. The van der Waals surface area contributed by atoms with E-state index in [1.54, 1.807) is 4.90 Å². The van der Waals surface area contributed by atoms with Crippen LogP contribution in [0.3, 0.4) is 0 Å². The lowest BCUT2D eigenvalue weighted by Gasteiger charge is -2.35. The molecule has 28 heavy (non-hydrogen) atoms.